The van der Waals surface area contributed by atoms with Crippen LogP contribution in [0.1, 0.15) is 46.5 Å². The second kappa shape index (κ2) is 9.75. The van der Waals surface area contributed by atoms with Crippen molar-refractivity contribution in [2.45, 2.75) is 62.1 Å². The third kappa shape index (κ3) is 7.13. The van der Waals surface area contributed by atoms with Crippen LogP contribution >= 0.6 is 22.6 Å². The van der Waals surface area contributed by atoms with E-state index in [1.165, 1.54) is 4.90 Å². The van der Waals surface area contributed by atoms with E-state index >= 15 is 0 Å². The number of carbonyl (C=O) groups excluding carboxylic acids is 1. The van der Waals surface area contributed by atoms with E-state index in [1.54, 1.807) is 20.8 Å². The van der Waals surface area contributed by atoms with Gasteiger partial charge in [-0.15, -0.1) is 6.58 Å². The molecule has 1 saturated heterocycles. The number of nitrogens with zero attached hydrogens (tertiary/aromatic N) is 2. The molecular weight excluding hydrogens is 435 g/mol. The van der Waals surface area contributed by atoms with Crippen molar-refractivity contribution in [2.75, 3.05) is 20.1 Å². The lowest BCUT2D eigenvalue weighted by atomic mass is 10.0. The molecule has 1 N–H and O–H groups in total. The van der Waals surface area contributed by atoms with Gasteiger partial charge in [-0.2, -0.15) is 0 Å². The molecule has 1 aliphatic heterocycles. The number of unbranched alkanes of at least 4 members (excludes halogenated alkanes) is 2. The lowest BCUT2D eigenvalue weighted by molar-refractivity contribution is -0.142. The van der Waals surface area contributed by atoms with Crippen molar-refractivity contribution in [1.82, 2.24) is 9.80 Å². The smallest absolute Gasteiger partial charge is 0.411 e. The molecule has 0 aromatic carbocycles. The van der Waals surface area contributed by atoms with Crippen LogP contribution in [-0.4, -0.2) is 62.8 Å². The van der Waals surface area contributed by atoms with E-state index in [1.807, 2.05) is 13.1 Å². The van der Waals surface area contributed by atoms with Crippen molar-refractivity contribution < 1.29 is 19.4 Å². The van der Waals surface area contributed by atoms with E-state index in [-0.39, 0.29) is 9.97 Å². The van der Waals surface area contributed by atoms with Gasteiger partial charge in [-0.05, 0) is 60.0 Å². The Morgan fingerprint density at radius 3 is 2.56 bits per heavy atom. The highest BCUT2D eigenvalue weighted by atomic mass is 127. The largest absolute Gasteiger partial charge is 0.480 e. The molecule has 0 unspecified atom stereocenters. The number of carbonyl (C=O) groups is 2. The summed E-state index contributed by atoms with van der Waals surface area (Å²) in [6.45, 7) is 10.8. The van der Waals surface area contributed by atoms with Crippen LogP contribution in [0.5, 0.6) is 0 Å². The van der Waals surface area contributed by atoms with E-state index in [0.717, 1.165) is 32.4 Å². The molecule has 3 atom stereocenters. The number of aliphatic carboxylic acids is 1. The fourth-order valence-corrected chi connectivity index (χ4v) is 4.13. The maximum atomic E-state index is 12.5. The van der Waals surface area contributed by atoms with Gasteiger partial charge in [-0.25, -0.2) is 9.59 Å². The summed E-state index contributed by atoms with van der Waals surface area (Å²) in [6.07, 6.45) is 5.04. The first kappa shape index (κ1) is 22.2. The lowest BCUT2D eigenvalue weighted by Gasteiger charge is -2.30. The first-order chi connectivity index (χ1) is 11.6. The Morgan fingerprint density at radius 2 is 2.04 bits per heavy atom. The summed E-state index contributed by atoms with van der Waals surface area (Å²) < 4.78 is 5.22. The Labute approximate surface area is 164 Å². The Balaban J connectivity index is 2.70. The van der Waals surface area contributed by atoms with Gasteiger partial charge in [-0.3, -0.25) is 4.90 Å². The molecule has 0 aliphatic carbocycles. The quantitative estimate of drug-likeness (QED) is 0.194. The number of hydrogen-bond donors (Lipinski definition) is 1. The monoisotopic (exact) mass is 466 g/mol. The average Bonchev–Trinajstić information content (AvgIpc) is 2.79. The highest BCUT2D eigenvalue weighted by Crippen LogP contribution is 2.36. The fourth-order valence-electron chi connectivity index (χ4n) is 3.00. The minimum Gasteiger partial charge on any atom is -0.480 e. The number of amides is 1. The van der Waals surface area contributed by atoms with E-state index in [4.69, 9.17) is 4.74 Å². The zero-order valence-corrected chi connectivity index (χ0v) is 17.9. The molecule has 1 rings (SSSR count). The normalized spacial score (nSPS) is 23.8. The number of allylic oxidation sites excluding steroid dienone is 1. The molecule has 0 radical (unpaired) electrons. The second-order valence-corrected chi connectivity index (χ2v) is 8.93. The summed E-state index contributed by atoms with van der Waals surface area (Å²) in [7, 11) is 2.04. The van der Waals surface area contributed by atoms with Gasteiger partial charge in [0.15, 0.2) is 0 Å². The van der Waals surface area contributed by atoms with Crippen LogP contribution in [0.2, 0.25) is 0 Å². The Kier molecular flexibility index (Phi) is 8.67. The maximum absolute atomic E-state index is 12.5. The molecule has 0 spiro atoms. The number of carboxylic acid groups (broad SMARTS) is 1. The molecule has 1 heterocycles. The zero-order chi connectivity index (χ0) is 19.2. The number of rotatable bonds is 8. The minimum atomic E-state index is -0.969. The summed E-state index contributed by atoms with van der Waals surface area (Å²) >= 11 is 2.18. The molecule has 25 heavy (non-hydrogen) atoms. The molecule has 0 aromatic heterocycles. The Morgan fingerprint density at radius 1 is 1.40 bits per heavy atom. The fraction of sp³-hybridized carbons (Fsp3) is 0.778. The SMILES string of the molecule is C=CCCCCN(C)C[C@H]1C[C@@H](C(=O)O)N(C(=O)OC(C)(C)C)[C@@H]1I. The van der Waals surface area contributed by atoms with Gasteiger partial charge >= 0.3 is 12.1 Å². The number of carboxylic acids is 1. The van der Waals surface area contributed by atoms with Crippen LogP contribution in [-0.2, 0) is 9.53 Å². The number of likely N-dealkylation sites (tertiary alicyclic amines) is 1. The second-order valence-electron chi connectivity index (χ2n) is 7.66. The molecule has 1 fully saturated rings. The molecule has 0 saturated carbocycles. The molecular formula is C18H31IN2O4. The van der Waals surface area contributed by atoms with Crippen molar-refractivity contribution in [3.63, 3.8) is 0 Å². The van der Waals surface area contributed by atoms with E-state index in [9.17, 15) is 14.7 Å². The van der Waals surface area contributed by atoms with E-state index in [2.05, 4.69) is 34.1 Å². The third-order valence-corrected chi connectivity index (χ3v) is 5.77. The summed E-state index contributed by atoms with van der Waals surface area (Å²) in [5, 5.41) is 9.53. The summed E-state index contributed by atoms with van der Waals surface area (Å²) in [5.41, 5.74) is -0.642. The van der Waals surface area contributed by atoms with Gasteiger partial charge in [0.05, 0.1) is 4.05 Å². The van der Waals surface area contributed by atoms with Crippen LogP contribution in [0.4, 0.5) is 4.79 Å². The Bertz CT molecular complexity index is 478. The van der Waals surface area contributed by atoms with Crippen LogP contribution in [0.15, 0.2) is 12.7 Å². The molecule has 1 amide bonds. The summed E-state index contributed by atoms with van der Waals surface area (Å²) in [4.78, 5) is 27.7. The molecule has 0 bridgehead atoms. The topological polar surface area (TPSA) is 70.1 Å². The van der Waals surface area contributed by atoms with Gasteiger partial charge in [0.1, 0.15) is 11.6 Å². The van der Waals surface area contributed by atoms with Crippen LogP contribution < -0.4 is 0 Å². The van der Waals surface area contributed by atoms with Crippen molar-refractivity contribution in [2.24, 2.45) is 5.92 Å². The van der Waals surface area contributed by atoms with Crippen molar-refractivity contribution in [3.05, 3.63) is 12.7 Å². The van der Waals surface area contributed by atoms with Crippen molar-refractivity contribution in [1.29, 1.82) is 0 Å². The van der Waals surface area contributed by atoms with E-state index < -0.39 is 23.7 Å². The number of hydrogen-bond acceptors (Lipinski definition) is 4. The highest BCUT2D eigenvalue weighted by molar-refractivity contribution is 14.1. The number of alkyl halides is 1. The van der Waals surface area contributed by atoms with Crippen LogP contribution in [0.3, 0.4) is 0 Å². The maximum Gasteiger partial charge on any atom is 0.411 e. The predicted octanol–water partition coefficient (Wildman–Crippen LogP) is 3.75. The van der Waals surface area contributed by atoms with Crippen molar-refractivity contribution >= 4 is 34.7 Å². The first-order valence-corrected chi connectivity index (χ1v) is 9.99. The standard InChI is InChI=1S/C18H31IN2O4/c1-6-7-8-9-10-20(5)12-13-11-14(16(22)23)21(15(13)19)17(24)25-18(2,3)4/h6,13-15H,1,7-12H2,2-5H3,(H,22,23)/t13-,14+,15+/m1/s1. The van der Waals surface area contributed by atoms with Crippen LogP contribution in [0.25, 0.3) is 0 Å². The number of ether oxygens (including phenoxy) is 1. The van der Waals surface area contributed by atoms with Gasteiger partial charge in [0.25, 0.3) is 0 Å². The van der Waals surface area contributed by atoms with Gasteiger partial charge in [0.2, 0.25) is 0 Å². The minimum absolute atomic E-state index is 0.110. The Hall–Kier alpha value is -0.830. The van der Waals surface area contributed by atoms with Gasteiger partial charge < -0.3 is 14.7 Å². The van der Waals surface area contributed by atoms with Gasteiger partial charge in [-0.1, -0.05) is 28.7 Å². The summed E-state index contributed by atoms with van der Waals surface area (Å²) in [5.74, 6) is -0.859. The van der Waals surface area contributed by atoms with Gasteiger partial charge in [0, 0.05) is 12.5 Å². The lowest BCUT2D eigenvalue weighted by Crippen LogP contribution is -2.46. The van der Waals surface area contributed by atoms with E-state index in [0.29, 0.717) is 6.42 Å². The first-order valence-electron chi connectivity index (χ1n) is 8.74. The molecule has 144 valence electrons. The number of halogens is 1. The average molecular weight is 466 g/mol. The third-order valence-electron chi connectivity index (χ3n) is 4.15. The zero-order valence-electron chi connectivity index (χ0n) is 15.7. The van der Waals surface area contributed by atoms with Crippen molar-refractivity contribution in [3.8, 4) is 0 Å². The van der Waals surface area contributed by atoms with Crippen LogP contribution in [0, 0.1) is 5.92 Å². The molecule has 1 aliphatic rings. The molecule has 7 heteroatoms. The predicted molar refractivity (Wildman–Crippen MR) is 107 cm³/mol. The summed E-state index contributed by atoms with van der Waals surface area (Å²) in [6, 6.07) is -0.823. The molecule has 6 nitrogen and oxygen atoms in total. The molecule has 0 aromatic rings. The highest BCUT2D eigenvalue weighted by Gasteiger charge is 2.47.